The molecule has 1 aromatic rings. The molecule has 0 aromatic heterocycles. The molecule has 20 heavy (non-hydrogen) atoms. The molecule has 0 saturated carbocycles. The van der Waals surface area contributed by atoms with E-state index in [1.54, 1.807) is 0 Å². The number of nitrogens with zero attached hydrogens (tertiary/aromatic N) is 1. The zero-order chi connectivity index (χ0) is 14.2. The molecule has 0 saturated heterocycles. The lowest BCUT2D eigenvalue weighted by atomic mass is 10.1. The molecule has 3 nitrogen and oxygen atoms in total. The van der Waals surface area contributed by atoms with Gasteiger partial charge in [-0.15, -0.1) is 0 Å². The van der Waals surface area contributed by atoms with Gasteiger partial charge >= 0.3 is 0 Å². The van der Waals surface area contributed by atoms with Crippen LogP contribution in [0.5, 0.6) is 11.5 Å². The SMILES string of the molecule is CCCCN(CC)CCCc1ccc2c(c1)OCCO2. The molecule has 1 aromatic carbocycles. The van der Waals surface area contributed by atoms with Crippen LogP contribution in [-0.4, -0.2) is 37.7 Å². The van der Waals surface area contributed by atoms with Crippen LogP contribution >= 0.6 is 0 Å². The molecule has 2 rings (SSSR count). The minimum absolute atomic E-state index is 0.662. The van der Waals surface area contributed by atoms with Crippen molar-refractivity contribution >= 4 is 0 Å². The quantitative estimate of drug-likeness (QED) is 0.726. The molecule has 0 bridgehead atoms. The van der Waals surface area contributed by atoms with Gasteiger partial charge < -0.3 is 14.4 Å². The van der Waals surface area contributed by atoms with Crippen molar-refractivity contribution in [3.8, 4) is 11.5 Å². The van der Waals surface area contributed by atoms with E-state index in [-0.39, 0.29) is 0 Å². The molecule has 112 valence electrons. The summed E-state index contributed by atoms with van der Waals surface area (Å²) < 4.78 is 11.2. The predicted molar refractivity (Wildman–Crippen MR) is 82.8 cm³/mol. The van der Waals surface area contributed by atoms with Gasteiger partial charge in [0.25, 0.3) is 0 Å². The van der Waals surface area contributed by atoms with E-state index in [0.717, 1.165) is 24.5 Å². The van der Waals surface area contributed by atoms with Gasteiger partial charge in [-0.25, -0.2) is 0 Å². The molecule has 0 N–H and O–H groups in total. The molecule has 1 aliphatic heterocycles. The van der Waals surface area contributed by atoms with Gasteiger partial charge in [0.05, 0.1) is 0 Å². The first-order valence-corrected chi connectivity index (χ1v) is 7.94. The molecule has 0 amide bonds. The Morgan fingerprint density at radius 3 is 2.50 bits per heavy atom. The van der Waals surface area contributed by atoms with Gasteiger partial charge in [-0.1, -0.05) is 26.3 Å². The topological polar surface area (TPSA) is 21.7 Å². The van der Waals surface area contributed by atoms with E-state index >= 15 is 0 Å². The molecular formula is C17H27NO2. The van der Waals surface area contributed by atoms with Gasteiger partial charge in [0.1, 0.15) is 13.2 Å². The Balaban J connectivity index is 1.78. The van der Waals surface area contributed by atoms with Crippen LogP contribution < -0.4 is 9.47 Å². The van der Waals surface area contributed by atoms with E-state index in [0.29, 0.717) is 13.2 Å². The first-order chi connectivity index (χ1) is 9.83. The van der Waals surface area contributed by atoms with E-state index in [4.69, 9.17) is 9.47 Å². The average Bonchev–Trinajstić information content (AvgIpc) is 2.50. The van der Waals surface area contributed by atoms with E-state index in [2.05, 4.69) is 30.9 Å². The highest BCUT2D eigenvalue weighted by Gasteiger charge is 2.11. The maximum atomic E-state index is 5.63. The van der Waals surface area contributed by atoms with E-state index < -0.39 is 0 Å². The first kappa shape index (κ1) is 15.2. The van der Waals surface area contributed by atoms with Crippen molar-refractivity contribution in [2.45, 2.75) is 39.5 Å². The van der Waals surface area contributed by atoms with Gasteiger partial charge in [0.2, 0.25) is 0 Å². The molecule has 0 unspecified atom stereocenters. The number of hydrogen-bond donors (Lipinski definition) is 0. The second-order valence-electron chi connectivity index (χ2n) is 5.37. The lowest BCUT2D eigenvalue weighted by molar-refractivity contribution is 0.171. The summed E-state index contributed by atoms with van der Waals surface area (Å²) in [4.78, 5) is 2.54. The molecule has 3 heteroatoms. The fourth-order valence-electron chi connectivity index (χ4n) is 2.56. The Bertz CT molecular complexity index is 406. The summed E-state index contributed by atoms with van der Waals surface area (Å²) in [7, 11) is 0. The number of benzene rings is 1. The van der Waals surface area contributed by atoms with Crippen LogP contribution in [-0.2, 0) is 6.42 Å². The van der Waals surface area contributed by atoms with Crippen molar-refractivity contribution in [1.29, 1.82) is 0 Å². The van der Waals surface area contributed by atoms with Crippen LogP contribution in [0.15, 0.2) is 18.2 Å². The minimum atomic E-state index is 0.662. The first-order valence-electron chi connectivity index (χ1n) is 7.94. The summed E-state index contributed by atoms with van der Waals surface area (Å²) in [6.45, 7) is 9.40. The summed E-state index contributed by atoms with van der Waals surface area (Å²) in [5.74, 6) is 1.80. The molecule has 0 aliphatic carbocycles. The third-order valence-electron chi connectivity index (χ3n) is 3.82. The number of ether oxygens (including phenoxy) is 2. The highest BCUT2D eigenvalue weighted by Crippen LogP contribution is 2.31. The minimum Gasteiger partial charge on any atom is -0.486 e. The Morgan fingerprint density at radius 2 is 1.75 bits per heavy atom. The Morgan fingerprint density at radius 1 is 1.00 bits per heavy atom. The zero-order valence-electron chi connectivity index (χ0n) is 12.9. The standard InChI is InChI=1S/C17H27NO2/c1-3-5-10-18(4-2)11-6-7-15-8-9-16-17(14-15)20-13-12-19-16/h8-9,14H,3-7,10-13H2,1-2H3. The monoisotopic (exact) mass is 277 g/mol. The molecular weight excluding hydrogens is 250 g/mol. The van der Waals surface area contributed by atoms with Crippen molar-refractivity contribution in [2.24, 2.45) is 0 Å². The number of fused-ring (bicyclic) bond motifs is 1. The maximum absolute atomic E-state index is 5.63. The van der Waals surface area contributed by atoms with Gasteiger partial charge in [-0.3, -0.25) is 0 Å². The number of hydrogen-bond acceptors (Lipinski definition) is 3. The highest BCUT2D eigenvalue weighted by atomic mass is 16.6. The summed E-state index contributed by atoms with van der Waals surface area (Å²) in [6, 6.07) is 6.34. The van der Waals surface area contributed by atoms with Crippen molar-refractivity contribution in [3.05, 3.63) is 23.8 Å². The highest BCUT2D eigenvalue weighted by molar-refractivity contribution is 5.43. The van der Waals surface area contributed by atoms with Crippen molar-refractivity contribution in [3.63, 3.8) is 0 Å². The summed E-state index contributed by atoms with van der Waals surface area (Å²) in [6.07, 6.45) is 4.90. The second-order valence-corrected chi connectivity index (χ2v) is 5.37. The number of rotatable bonds is 8. The van der Waals surface area contributed by atoms with Crippen LogP contribution in [0.1, 0.15) is 38.7 Å². The van der Waals surface area contributed by atoms with E-state index in [9.17, 15) is 0 Å². The van der Waals surface area contributed by atoms with Crippen molar-refractivity contribution in [1.82, 2.24) is 4.90 Å². The smallest absolute Gasteiger partial charge is 0.161 e. The summed E-state index contributed by atoms with van der Waals surface area (Å²) in [5.41, 5.74) is 1.35. The number of aryl methyl sites for hydroxylation is 1. The third kappa shape index (κ3) is 4.41. The maximum Gasteiger partial charge on any atom is 0.161 e. The molecule has 1 heterocycles. The molecule has 1 aliphatic rings. The van der Waals surface area contributed by atoms with Crippen LogP contribution in [0.2, 0.25) is 0 Å². The largest absolute Gasteiger partial charge is 0.486 e. The van der Waals surface area contributed by atoms with Crippen LogP contribution in [0.3, 0.4) is 0 Å². The third-order valence-corrected chi connectivity index (χ3v) is 3.82. The predicted octanol–water partition coefficient (Wildman–Crippen LogP) is 3.51. The fraction of sp³-hybridized carbons (Fsp3) is 0.647. The van der Waals surface area contributed by atoms with Crippen LogP contribution in [0, 0.1) is 0 Å². The number of unbranched alkanes of at least 4 members (excludes halogenated alkanes) is 1. The van der Waals surface area contributed by atoms with Gasteiger partial charge in [0, 0.05) is 0 Å². The zero-order valence-corrected chi connectivity index (χ0v) is 12.9. The molecule has 0 spiro atoms. The summed E-state index contributed by atoms with van der Waals surface area (Å²) in [5, 5.41) is 0. The fourth-order valence-corrected chi connectivity index (χ4v) is 2.56. The van der Waals surface area contributed by atoms with Crippen molar-refractivity contribution in [2.75, 3.05) is 32.8 Å². The Kier molecular flexibility index (Phi) is 6.19. The molecule has 0 radical (unpaired) electrons. The Labute approximate surface area is 122 Å². The average molecular weight is 277 g/mol. The lowest BCUT2D eigenvalue weighted by Gasteiger charge is -2.21. The summed E-state index contributed by atoms with van der Waals surface area (Å²) >= 11 is 0. The van der Waals surface area contributed by atoms with Gasteiger partial charge in [0.15, 0.2) is 11.5 Å². The van der Waals surface area contributed by atoms with Crippen molar-refractivity contribution < 1.29 is 9.47 Å². The molecule has 0 fully saturated rings. The van der Waals surface area contributed by atoms with Gasteiger partial charge in [-0.2, -0.15) is 0 Å². The van der Waals surface area contributed by atoms with Crippen LogP contribution in [0.25, 0.3) is 0 Å². The van der Waals surface area contributed by atoms with E-state index in [1.165, 1.54) is 37.9 Å². The van der Waals surface area contributed by atoms with Crippen LogP contribution in [0.4, 0.5) is 0 Å². The Hall–Kier alpha value is -1.22. The molecule has 0 atom stereocenters. The van der Waals surface area contributed by atoms with E-state index in [1.807, 2.05) is 6.07 Å². The second kappa shape index (κ2) is 8.15. The normalized spacial score (nSPS) is 13.8. The van der Waals surface area contributed by atoms with Gasteiger partial charge in [-0.05, 0) is 56.6 Å². The lowest BCUT2D eigenvalue weighted by Crippen LogP contribution is -2.26.